The highest BCUT2D eigenvalue weighted by Gasteiger charge is 2.22. The zero-order valence-electron chi connectivity index (χ0n) is 14.2. The highest BCUT2D eigenvalue weighted by Crippen LogP contribution is 2.30. The van der Waals surface area contributed by atoms with E-state index in [9.17, 15) is 4.79 Å². The number of carbonyl (C=O) groups excluding carboxylic acids is 1. The van der Waals surface area contributed by atoms with Gasteiger partial charge in [0, 0.05) is 0 Å². The fourth-order valence-corrected chi connectivity index (χ4v) is 4.39. The van der Waals surface area contributed by atoms with E-state index in [1.165, 1.54) is 29.4 Å². The van der Waals surface area contributed by atoms with Crippen LogP contribution in [0.5, 0.6) is 0 Å². The standard InChI is InChI=1S/C17H16N6OS2/c1-3-11(25-16-13-14(19-7-18-13)20-8-21-16)15(24)23-17-22-10-6-9(2)4-5-12(10)26-17/h4-8,11H,3H2,1-2H3,(H,22,23,24)(H,18,19,20,21)/t11-/m0/s1. The summed E-state index contributed by atoms with van der Waals surface area (Å²) in [5.41, 5.74) is 3.40. The van der Waals surface area contributed by atoms with Crippen molar-refractivity contribution in [2.45, 2.75) is 30.5 Å². The molecule has 3 aromatic heterocycles. The Morgan fingerprint density at radius 3 is 3.08 bits per heavy atom. The van der Waals surface area contributed by atoms with Gasteiger partial charge in [0.2, 0.25) is 5.91 Å². The van der Waals surface area contributed by atoms with Gasteiger partial charge in [-0.05, 0) is 31.0 Å². The number of aromatic nitrogens is 5. The molecule has 132 valence electrons. The van der Waals surface area contributed by atoms with E-state index in [1.54, 1.807) is 6.33 Å². The molecule has 0 saturated heterocycles. The van der Waals surface area contributed by atoms with Gasteiger partial charge in [-0.1, -0.05) is 36.1 Å². The summed E-state index contributed by atoms with van der Waals surface area (Å²) in [6.07, 6.45) is 3.71. The number of hydrogen-bond donors (Lipinski definition) is 2. The van der Waals surface area contributed by atoms with Crippen LogP contribution in [0, 0.1) is 6.92 Å². The number of imidazole rings is 1. The number of aromatic amines is 1. The molecule has 1 amide bonds. The summed E-state index contributed by atoms with van der Waals surface area (Å²) in [6, 6.07) is 6.09. The number of thiazole rings is 1. The number of rotatable bonds is 5. The lowest BCUT2D eigenvalue weighted by molar-refractivity contribution is -0.115. The lowest BCUT2D eigenvalue weighted by Crippen LogP contribution is -2.24. The van der Waals surface area contributed by atoms with E-state index >= 15 is 0 Å². The van der Waals surface area contributed by atoms with Crippen molar-refractivity contribution in [2.75, 3.05) is 5.32 Å². The van der Waals surface area contributed by atoms with Gasteiger partial charge in [-0.15, -0.1) is 0 Å². The Bertz CT molecular complexity index is 1090. The molecule has 0 aliphatic carbocycles. The summed E-state index contributed by atoms with van der Waals surface area (Å²) >= 11 is 2.88. The number of hydrogen-bond acceptors (Lipinski definition) is 7. The van der Waals surface area contributed by atoms with Crippen molar-refractivity contribution >= 4 is 55.5 Å². The Morgan fingerprint density at radius 2 is 2.23 bits per heavy atom. The summed E-state index contributed by atoms with van der Waals surface area (Å²) in [5, 5.41) is 3.99. The van der Waals surface area contributed by atoms with Crippen LogP contribution in [0.25, 0.3) is 21.4 Å². The molecule has 0 aliphatic heterocycles. The smallest absolute Gasteiger partial charge is 0.239 e. The fourth-order valence-electron chi connectivity index (χ4n) is 2.57. The van der Waals surface area contributed by atoms with Crippen LogP contribution < -0.4 is 5.32 Å². The second-order valence-corrected chi connectivity index (χ2v) is 8.00. The van der Waals surface area contributed by atoms with E-state index in [1.807, 2.05) is 32.0 Å². The predicted octanol–water partition coefficient (Wildman–Crippen LogP) is 3.78. The summed E-state index contributed by atoms with van der Waals surface area (Å²) < 4.78 is 1.06. The molecule has 3 heterocycles. The van der Waals surface area contributed by atoms with Gasteiger partial charge in [0.1, 0.15) is 16.9 Å². The summed E-state index contributed by atoms with van der Waals surface area (Å²) in [5.74, 6) is -0.0837. The molecule has 7 nitrogen and oxygen atoms in total. The van der Waals surface area contributed by atoms with Crippen molar-refractivity contribution in [2.24, 2.45) is 0 Å². The maximum absolute atomic E-state index is 12.7. The van der Waals surface area contributed by atoms with Gasteiger partial charge in [-0.3, -0.25) is 4.79 Å². The van der Waals surface area contributed by atoms with E-state index < -0.39 is 0 Å². The molecule has 0 aliphatic rings. The molecule has 4 rings (SSSR count). The van der Waals surface area contributed by atoms with Crippen molar-refractivity contribution in [3.05, 3.63) is 36.4 Å². The topological polar surface area (TPSA) is 96.5 Å². The summed E-state index contributed by atoms with van der Waals surface area (Å²) in [7, 11) is 0. The van der Waals surface area contributed by atoms with Crippen molar-refractivity contribution in [1.29, 1.82) is 0 Å². The minimum atomic E-state index is -0.287. The second kappa shape index (κ2) is 7.00. The molecule has 9 heteroatoms. The quantitative estimate of drug-likeness (QED) is 0.401. The normalized spacial score (nSPS) is 12.5. The van der Waals surface area contributed by atoms with Gasteiger partial charge in [0.25, 0.3) is 0 Å². The number of carbonyl (C=O) groups is 1. The van der Waals surface area contributed by atoms with Crippen molar-refractivity contribution in [1.82, 2.24) is 24.9 Å². The number of benzene rings is 1. The molecular formula is C17H16N6OS2. The van der Waals surface area contributed by atoms with Gasteiger partial charge < -0.3 is 10.3 Å². The van der Waals surface area contributed by atoms with Crippen LogP contribution in [0.2, 0.25) is 0 Å². The van der Waals surface area contributed by atoms with Crippen LogP contribution in [0.15, 0.2) is 35.9 Å². The third kappa shape index (κ3) is 3.27. The van der Waals surface area contributed by atoms with Crippen molar-refractivity contribution in [3.63, 3.8) is 0 Å². The average Bonchev–Trinajstić information content (AvgIpc) is 3.25. The van der Waals surface area contributed by atoms with E-state index in [0.29, 0.717) is 17.2 Å². The zero-order chi connectivity index (χ0) is 18.1. The first-order valence-electron chi connectivity index (χ1n) is 8.13. The van der Waals surface area contributed by atoms with E-state index in [2.05, 4.69) is 30.2 Å². The maximum atomic E-state index is 12.7. The highest BCUT2D eigenvalue weighted by molar-refractivity contribution is 8.00. The predicted molar refractivity (Wildman–Crippen MR) is 105 cm³/mol. The van der Waals surface area contributed by atoms with Crippen LogP contribution in [0.1, 0.15) is 18.9 Å². The Labute approximate surface area is 157 Å². The van der Waals surface area contributed by atoms with Gasteiger partial charge in [0.15, 0.2) is 10.8 Å². The number of nitrogens with zero attached hydrogens (tertiary/aromatic N) is 4. The number of nitrogens with one attached hydrogen (secondary N) is 2. The molecule has 0 fully saturated rings. The third-order valence-electron chi connectivity index (χ3n) is 3.88. The minimum Gasteiger partial charge on any atom is -0.341 e. The lowest BCUT2D eigenvalue weighted by Gasteiger charge is -2.13. The van der Waals surface area contributed by atoms with Crippen molar-refractivity contribution < 1.29 is 4.79 Å². The molecular weight excluding hydrogens is 368 g/mol. The van der Waals surface area contributed by atoms with E-state index in [-0.39, 0.29) is 11.2 Å². The first-order chi connectivity index (χ1) is 12.6. The Morgan fingerprint density at radius 1 is 1.35 bits per heavy atom. The van der Waals surface area contributed by atoms with Gasteiger partial charge >= 0.3 is 0 Å². The molecule has 26 heavy (non-hydrogen) atoms. The molecule has 1 aromatic carbocycles. The molecule has 0 saturated carbocycles. The van der Waals surface area contributed by atoms with Crippen LogP contribution in [-0.4, -0.2) is 36.1 Å². The molecule has 0 bridgehead atoms. The first-order valence-corrected chi connectivity index (χ1v) is 9.82. The van der Waals surface area contributed by atoms with Crippen LogP contribution in [0.4, 0.5) is 5.13 Å². The molecule has 0 unspecified atom stereocenters. The monoisotopic (exact) mass is 384 g/mol. The number of amides is 1. The number of aryl methyl sites for hydroxylation is 1. The number of anilines is 1. The molecule has 4 aromatic rings. The molecule has 0 radical (unpaired) electrons. The third-order valence-corrected chi connectivity index (χ3v) is 6.20. The molecule has 2 N–H and O–H groups in total. The highest BCUT2D eigenvalue weighted by atomic mass is 32.2. The van der Waals surface area contributed by atoms with Gasteiger partial charge in [-0.2, -0.15) is 0 Å². The first kappa shape index (κ1) is 16.9. The Hall–Kier alpha value is -2.52. The summed E-state index contributed by atoms with van der Waals surface area (Å²) in [6.45, 7) is 4.00. The van der Waals surface area contributed by atoms with Crippen molar-refractivity contribution in [3.8, 4) is 0 Å². The number of H-pyrrole nitrogens is 1. The fraction of sp³-hybridized carbons (Fsp3) is 0.235. The molecule has 1 atom stereocenters. The average molecular weight is 384 g/mol. The van der Waals surface area contributed by atoms with E-state index in [4.69, 9.17) is 0 Å². The zero-order valence-corrected chi connectivity index (χ0v) is 15.8. The molecule has 0 spiro atoms. The maximum Gasteiger partial charge on any atom is 0.239 e. The largest absolute Gasteiger partial charge is 0.341 e. The van der Waals surface area contributed by atoms with Crippen LogP contribution in [0.3, 0.4) is 0 Å². The lowest BCUT2D eigenvalue weighted by atomic mass is 10.2. The van der Waals surface area contributed by atoms with Crippen LogP contribution >= 0.6 is 23.1 Å². The second-order valence-electron chi connectivity index (χ2n) is 5.77. The number of thioether (sulfide) groups is 1. The van der Waals surface area contributed by atoms with E-state index in [0.717, 1.165) is 26.3 Å². The summed E-state index contributed by atoms with van der Waals surface area (Å²) in [4.78, 5) is 32.8. The van der Waals surface area contributed by atoms with Gasteiger partial charge in [-0.25, -0.2) is 19.9 Å². The SMILES string of the molecule is CC[C@H](Sc1ncnc2nc[nH]c12)C(=O)Nc1nc2cc(C)ccc2s1. The Balaban J connectivity index is 1.54. The van der Waals surface area contributed by atoms with Crippen LogP contribution in [-0.2, 0) is 4.79 Å². The minimum absolute atomic E-state index is 0.0837. The Kier molecular flexibility index (Phi) is 4.56. The number of fused-ring (bicyclic) bond motifs is 2. The van der Waals surface area contributed by atoms with Gasteiger partial charge in [0.05, 0.1) is 21.8 Å².